The number of anilines is 1. The molecule has 0 saturated carbocycles. The van der Waals surface area contributed by atoms with Gasteiger partial charge in [0.05, 0.1) is 24.5 Å². The quantitative estimate of drug-likeness (QED) is 0.456. The lowest BCUT2D eigenvalue weighted by Crippen LogP contribution is -2.07. The number of hydrogen-bond donors (Lipinski definition) is 1. The normalized spacial score (nSPS) is 10.1. The molecule has 2 N–H and O–H groups in total. The number of ether oxygens (including phenoxy) is 3. The molecule has 0 heterocycles. The van der Waals surface area contributed by atoms with Crippen molar-refractivity contribution < 1.29 is 19.0 Å². The van der Waals surface area contributed by atoms with Crippen LogP contribution in [0.2, 0.25) is 0 Å². The molecule has 0 aliphatic rings. The van der Waals surface area contributed by atoms with E-state index in [0.717, 1.165) is 6.42 Å². The topological polar surface area (TPSA) is 70.8 Å². The van der Waals surface area contributed by atoms with Crippen molar-refractivity contribution in [1.82, 2.24) is 0 Å². The molecule has 0 unspecified atom stereocenters. The van der Waals surface area contributed by atoms with Crippen LogP contribution in [0.1, 0.15) is 23.7 Å². The molecular weight excluding hydrogens is 234 g/mol. The van der Waals surface area contributed by atoms with E-state index >= 15 is 0 Å². The highest BCUT2D eigenvalue weighted by Crippen LogP contribution is 2.23. The Hall–Kier alpha value is -1.75. The molecule has 0 saturated heterocycles. The number of methoxy groups -OCH3 is 1. The SMILES string of the molecule is CCOC(=O)c1ccc(N)c(OCCCOC)c1. The largest absolute Gasteiger partial charge is 0.491 e. The van der Waals surface area contributed by atoms with Gasteiger partial charge in [-0.3, -0.25) is 0 Å². The molecule has 0 radical (unpaired) electrons. The Bertz CT molecular complexity index is 393. The average molecular weight is 253 g/mol. The highest BCUT2D eigenvalue weighted by atomic mass is 16.5. The number of esters is 1. The van der Waals surface area contributed by atoms with Gasteiger partial charge in [-0.25, -0.2) is 4.79 Å². The molecule has 0 aliphatic heterocycles. The maximum absolute atomic E-state index is 11.5. The molecule has 0 atom stereocenters. The summed E-state index contributed by atoms with van der Waals surface area (Å²) in [7, 11) is 1.63. The lowest BCUT2D eigenvalue weighted by molar-refractivity contribution is 0.0526. The number of carbonyl (C=O) groups excluding carboxylic acids is 1. The van der Waals surface area contributed by atoms with Crippen LogP contribution >= 0.6 is 0 Å². The van der Waals surface area contributed by atoms with Crippen molar-refractivity contribution in [2.24, 2.45) is 0 Å². The van der Waals surface area contributed by atoms with E-state index in [4.69, 9.17) is 19.9 Å². The van der Waals surface area contributed by atoms with E-state index in [1.54, 1.807) is 32.2 Å². The van der Waals surface area contributed by atoms with Crippen LogP contribution in [0, 0.1) is 0 Å². The van der Waals surface area contributed by atoms with Crippen LogP contribution in [-0.2, 0) is 9.47 Å². The molecular formula is C13H19NO4. The Balaban J connectivity index is 2.66. The minimum absolute atomic E-state index is 0.341. The summed E-state index contributed by atoms with van der Waals surface area (Å²) in [4.78, 5) is 11.5. The van der Waals surface area contributed by atoms with Crippen molar-refractivity contribution in [3.63, 3.8) is 0 Å². The molecule has 1 aromatic rings. The van der Waals surface area contributed by atoms with Gasteiger partial charge in [-0.05, 0) is 25.1 Å². The third-order valence-electron chi connectivity index (χ3n) is 2.28. The third-order valence-corrected chi connectivity index (χ3v) is 2.28. The maximum Gasteiger partial charge on any atom is 0.338 e. The molecule has 5 heteroatoms. The van der Waals surface area contributed by atoms with Crippen molar-refractivity contribution in [1.29, 1.82) is 0 Å². The Kier molecular flexibility index (Phi) is 6.00. The van der Waals surface area contributed by atoms with Crippen molar-refractivity contribution in [3.8, 4) is 5.75 Å². The lowest BCUT2D eigenvalue weighted by atomic mass is 10.2. The van der Waals surface area contributed by atoms with E-state index in [0.29, 0.717) is 36.8 Å². The Morgan fingerprint density at radius 1 is 1.33 bits per heavy atom. The molecule has 0 spiro atoms. The first-order valence-electron chi connectivity index (χ1n) is 5.87. The van der Waals surface area contributed by atoms with Crippen LogP contribution in [0.3, 0.4) is 0 Å². The van der Waals surface area contributed by atoms with Gasteiger partial charge in [0, 0.05) is 20.1 Å². The number of hydrogen-bond acceptors (Lipinski definition) is 5. The van der Waals surface area contributed by atoms with Crippen molar-refractivity contribution in [2.45, 2.75) is 13.3 Å². The number of nitrogens with two attached hydrogens (primary N) is 1. The summed E-state index contributed by atoms with van der Waals surface area (Å²) in [6.07, 6.45) is 0.763. The van der Waals surface area contributed by atoms with E-state index in [-0.39, 0.29) is 5.97 Å². The van der Waals surface area contributed by atoms with Crippen LogP contribution in [0.15, 0.2) is 18.2 Å². The predicted octanol–water partition coefficient (Wildman–Crippen LogP) is 1.86. The van der Waals surface area contributed by atoms with E-state index in [2.05, 4.69) is 0 Å². The van der Waals surface area contributed by atoms with Gasteiger partial charge in [-0.1, -0.05) is 0 Å². The molecule has 0 aliphatic carbocycles. The lowest BCUT2D eigenvalue weighted by Gasteiger charge is -2.10. The monoisotopic (exact) mass is 253 g/mol. The van der Waals surface area contributed by atoms with Gasteiger partial charge < -0.3 is 19.9 Å². The summed E-state index contributed by atoms with van der Waals surface area (Å²) in [6.45, 7) is 3.21. The zero-order valence-electron chi connectivity index (χ0n) is 10.8. The van der Waals surface area contributed by atoms with Crippen molar-refractivity contribution in [2.75, 3.05) is 32.7 Å². The predicted molar refractivity (Wildman–Crippen MR) is 68.8 cm³/mol. The zero-order chi connectivity index (χ0) is 13.4. The molecule has 0 bridgehead atoms. The van der Waals surface area contributed by atoms with Gasteiger partial charge >= 0.3 is 5.97 Å². The average Bonchev–Trinajstić information content (AvgIpc) is 2.37. The van der Waals surface area contributed by atoms with Crippen LogP contribution < -0.4 is 10.5 Å². The fourth-order valence-electron chi connectivity index (χ4n) is 1.39. The zero-order valence-corrected chi connectivity index (χ0v) is 10.8. The molecule has 1 rings (SSSR count). The molecule has 0 amide bonds. The fourth-order valence-corrected chi connectivity index (χ4v) is 1.39. The second kappa shape index (κ2) is 7.55. The third kappa shape index (κ3) is 4.25. The number of carbonyl (C=O) groups is 1. The second-order valence-corrected chi connectivity index (χ2v) is 3.67. The first-order chi connectivity index (χ1) is 8.69. The highest BCUT2D eigenvalue weighted by molar-refractivity contribution is 5.90. The summed E-state index contributed by atoms with van der Waals surface area (Å²) in [5.74, 6) is 0.121. The molecule has 5 nitrogen and oxygen atoms in total. The number of nitrogen functional groups attached to an aromatic ring is 1. The van der Waals surface area contributed by atoms with E-state index in [9.17, 15) is 4.79 Å². The van der Waals surface area contributed by atoms with Gasteiger partial charge in [0.2, 0.25) is 0 Å². The fraction of sp³-hybridized carbons (Fsp3) is 0.462. The molecule has 1 aromatic carbocycles. The van der Waals surface area contributed by atoms with Crippen molar-refractivity contribution >= 4 is 11.7 Å². The van der Waals surface area contributed by atoms with Crippen LogP contribution in [0.5, 0.6) is 5.75 Å². The van der Waals surface area contributed by atoms with Gasteiger partial charge in [-0.2, -0.15) is 0 Å². The van der Waals surface area contributed by atoms with E-state index in [1.165, 1.54) is 0 Å². The first kappa shape index (κ1) is 14.3. The molecule has 100 valence electrons. The summed E-state index contributed by atoms with van der Waals surface area (Å²) < 4.78 is 15.3. The number of rotatable bonds is 7. The summed E-state index contributed by atoms with van der Waals surface area (Å²) in [6, 6.07) is 4.85. The van der Waals surface area contributed by atoms with Crippen LogP contribution in [-0.4, -0.2) is 32.9 Å². The summed E-state index contributed by atoms with van der Waals surface area (Å²) in [5.41, 5.74) is 6.71. The van der Waals surface area contributed by atoms with Gasteiger partial charge in [0.1, 0.15) is 5.75 Å². The molecule has 18 heavy (non-hydrogen) atoms. The van der Waals surface area contributed by atoms with Crippen LogP contribution in [0.25, 0.3) is 0 Å². The Labute approximate surface area is 107 Å². The van der Waals surface area contributed by atoms with E-state index < -0.39 is 0 Å². The van der Waals surface area contributed by atoms with Gasteiger partial charge in [-0.15, -0.1) is 0 Å². The number of benzene rings is 1. The molecule has 0 fully saturated rings. The van der Waals surface area contributed by atoms with Crippen LogP contribution in [0.4, 0.5) is 5.69 Å². The Morgan fingerprint density at radius 2 is 2.11 bits per heavy atom. The molecule has 0 aromatic heterocycles. The minimum Gasteiger partial charge on any atom is -0.491 e. The summed E-state index contributed by atoms with van der Waals surface area (Å²) in [5, 5.41) is 0. The van der Waals surface area contributed by atoms with Crippen molar-refractivity contribution in [3.05, 3.63) is 23.8 Å². The summed E-state index contributed by atoms with van der Waals surface area (Å²) >= 11 is 0. The highest BCUT2D eigenvalue weighted by Gasteiger charge is 2.09. The smallest absolute Gasteiger partial charge is 0.338 e. The first-order valence-corrected chi connectivity index (χ1v) is 5.87. The van der Waals surface area contributed by atoms with E-state index in [1.807, 2.05) is 0 Å². The van der Waals surface area contributed by atoms with Gasteiger partial charge in [0.25, 0.3) is 0 Å². The standard InChI is InChI=1S/C13H19NO4/c1-3-17-13(15)10-5-6-11(14)12(9-10)18-8-4-7-16-2/h5-6,9H,3-4,7-8,14H2,1-2H3. The second-order valence-electron chi connectivity index (χ2n) is 3.67. The Morgan fingerprint density at radius 3 is 2.78 bits per heavy atom. The van der Waals surface area contributed by atoms with Gasteiger partial charge in [0.15, 0.2) is 0 Å². The maximum atomic E-state index is 11.5. The minimum atomic E-state index is -0.376.